The molecule has 0 aliphatic carbocycles. The molecule has 0 bridgehead atoms. The van der Waals surface area contributed by atoms with Crippen molar-refractivity contribution in [3.05, 3.63) is 35.4 Å². The first kappa shape index (κ1) is 17.4. The van der Waals surface area contributed by atoms with Crippen molar-refractivity contribution in [3.63, 3.8) is 0 Å². The second-order valence-electron chi connectivity index (χ2n) is 6.73. The van der Waals surface area contributed by atoms with Gasteiger partial charge < -0.3 is 14.6 Å². The van der Waals surface area contributed by atoms with E-state index in [9.17, 15) is 8.42 Å². The fraction of sp³-hybridized carbons (Fsp3) is 0.529. The molecule has 140 valence electrons. The maximum atomic E-state index is 13.4. The van der Waals surface area contributed by atoms with E-state index in [-0.39, 0.29) is 10.9 Å². The van der Waals surface area contributed by atoms with Crippen molar-refractivity contribution < 1.29 is 13.2 Å². The quantitative estimate of drug-likeness (QED) is 0.862. The molecule has 2 aliphatic heterocycles. The molecule has 2 aromatic rings. The van der Waals surface area contributed by atoms with Gasteiger partial charge >= 0.3 is 0 Å². The molecule has 0 saturated carbocycles. The van der Waals surface area contributed by atoms with Crippen molar-refractivity contribution in [2.45, 2.75) is 43.8 Å². The second-order valence-corrected chi connectivity index (χ2v) is 8.59. The maximum absolute atomic E-state index is 13.4. The Balaban J connectivity index is 1.75. The average Bonchev–Trinajstić information content (AvgIpc) is 3.28. The monoisotopic (exact) mass is 377 g/mol. The van der Waals surface area contributed by atoms with Gasteiger partial charge in [-0.2, -0.15) is 4.31 Å². The molecule has 26 heavy (non-hydrogen) atoms. The van der Waals surface area contributed by atoms with Crippen LogP contribution in [-0.4, -0.2) is 47.7 Å². The predicted octanol–water partition coefficient (Wildman–Crippen LogP) is 1.22. The number of aryl methyl sites for hydroxylation is 1. The largest absolute Gasteiger partial charge is 0.495 e. The van der Waals surface area contributed by atoms with Crippen LogP contribution in [0.15, 0.2) is 23.1 Å². The standard InChI is InChI=1S/C17H23N5O3S/c1-12-5-6-14(25-2)15(10-12)26(23,24)22-8-3-4-13(22)17-20-19-16-11-18-7-9-21(16)17/h5-6,10,13,18H,3-4,7-9,11H2,1-2H3/t13-/m1/s1. The molecule has 1 aromatic carbocycles. The Labute approximate surface area is 153 Å². The molecular weight excluding hydrogens is 354 g/mol. The van der Waals surface area contributed by atoms with Crippen LogP contribution in [0.5, 0.6) is 5.75 Å². The van der Waals surface area contributed by atoms with Gasteiger partial charge in [-0.15, -0.1) is 10.2 Å². The summed E-state index contributed by atoms with van der Waals surface area (Å²) >= 11 is 0. The highest BCUT2D eigenvalue weighted by Crippen LogP contribution is 2.38. The van der Waals surface area contributed by atoms with Crippen molar-refractivity contribution in [2.75, 3.05) is 20.2 Å². The number of nitrogens with one attached hydrogen (secondary N) is 1. The number of hydrogen-bond donors (Lipinski definition) is 1. The van der Waals surface area contributed by atoms with Crippen LogP contribution in [0.2, 0.25) is 0 Å². The lowest BCUT2D eigenvalue weighted by Gasteiger charge is -2.26. The number of ether oxygens (including phenoxy) is 1. The molecule has 0 radical (unpaired) electrons. The molecule has 9 heteroatoms. The molecule has 1 aromatic heterocycles. The molecular formula is C17H23N5O3S. The highest BCUT2D eigenvalue weighted by molar-refractivity contribution is 7.89. The summed E-state index contributed by atoms with van der Waals surface area (Å²) < 4.78 is 35.8. The third-order valence-corrected chi connectivity index (χ3v) is 6.99. The van der Waals surface area contributed by atoms with Gasteiger partial charge in [-0.05, 0) is 37.5 Å². The van der Waals surface area contributed by atoms with Gasteiger partial charge in [-0.1, -0.05) is 6.07 Å². The summed E-state index contributed by atoms with van der Waals surface area (Å²) in [6, 6.07) is 4.94. The summed E-state index contributed by atoms with van der Waals surface area (Å²) in [5, 5.41) is 11.8. The lowest BCUT2D eigenvalue weighted by atomic mass is 10.2. The minimum Gasteiger partial charge on any atom is -0.495 e. The molecule has 4 rings (SSSR count). The van der Waals surface area contributed by atoms with Gasteiger partial charge in [-0.3, -0.25) is 0 Å². The van der Waals surface area contributed by atoms with E-state index in [1.165, 1.54) is 7.11 Å². The molecule has 0 unspecified atom stereocenters. The van der Waals surface area contributed by atoms with Crippen LogP contribution in [0.3, 0.4) is 0 Å². The fourth-order valence-electron chi connectivity index (χ4n) is 3.76. The van der Waals surface area contributed by atoms with Crippen LogP contribution in [0, 0.1) is 6.92 Å². The molecule has 1 N–H and O–H groups in total. The third-order valence-electron chi connectivity index (χ3n) is 5.06. The lowest BCUT2D eigenvalue weighted by Crippen LogP contribution is -2.34. The van der Waals surface area contributed by atoms with E-state index in [0.717, 1.165) is 43.1 Å². The van der Waals surface area contributed by atoms with Crippen molar-refractivity contribution >= 4 is 10.0 Å². The van der Waals surface area contributed by atoms with Gasteiger partial charge in [-0.25, -0.2) is 8.42 Å². The Kier molecular flexibility index (Phi) is 4.45. The molecule has 3 heterocycles. The van der Waals surface area contributed by atoms with E-state index in [0.29, 0.717) is 18.8 Å². The van der Waals surface area contributed by atoms with Crippen LogP contribution in [-0.2, 0) is 23.1 Å². The SMILES string of the molecule is COc1ccc(C)cc1S(=O)(=O)N1CCC[C@@H]1c1nnc2n1CCNC2. The first-order chi connectivity index (χ1) is 12.5. The maximum Gasteiger partial charge on any atom is 0.247 e. The van der Waals surface area contributed by atoms with E-state index in [1.807, 2.05) is 13.0 Å². The number of nitrogens with zero attached hydrogens (tertiary/aromatic N) is 4. The zero-order chi connectivity index (χ0) is 18.3. The number of rotatable bonds is 4. The first-order valence-corrected chi connectivity index (χ1v) is 10.3. The number of hydrogen-bond acceptors (Lipinski definition) is 6. The Hall–Kier alpha value is -1.97. The molecule has 1 saturated heterocycles. The Morgan fingerprint density at radius 2 is 2.12 bits per heavy atom. The van der Waals surface area contributed by atoms with E-state index >= 15 is 0 Å². The number of sulfonamides is 1. The topological polar surface area (TPSA) is 89.4 Å². The molecule has 8 nitrogen and oxygen atoms in total. The molecule has 1 atom stereocenters. The summed E-state index contributed by atoms with van der Waals surface area (Å²) in [6.07, 6.45) is 1.55. The Morgan fingerprint density at radius 3 is 2.92 bits per heavy atom. The highest BCUT2D eigenvalue weighted by atomic mass is 32.2. The normalized spacial score (nSPS) is 20.9. The van der Waals surface area contributed by atoms with E-state index in [4.69, 9.17) is 4.74 Å². The van der Waals surface area contributed by atoms with Crippen LogP contribution < -0.4 is 10.1 Å². The highest BCUT2D eigenvalue weighted by Gasteiger charge is 2.40. The van der Waals surface area contributed by atoms with E-state index in [2.05, 4.69) is 20.1 Å². The predicted molar refractivity (Wildman–Crippen MR) is 95.3 cm³/mol. The summed E-state index contributed by atoms with van der Waals surface area (Å²) in [5.41, 5.74) is 0.881. The van der Waals surface area contributed by atoms with Crippen molar-refractivity contribution in [1.82, 2.24) is 24.4 Å². The van der Waals surface area contributed by atoms with Gasteiger partial charge in [0.15, 0.2) is 5.82 Å². The van der Waals surface area contributed by atoms with Crippen molar-refractivity contribution in [3.8, 4) is 5.75 Å². The van der Waals surface area contributed by atoms with Crippen molar-refractivity contribution in [1.29, 1.82) is 0 Å². The van der Waals surface area contributed by atoms with Gasteiger partial charge in [0.05, 0.1) is 19.7 Å². The van der Waals surface area contributed by atoms with E-state index in [1.54, 1.807) is 16.4 Å². The fourth-order valence-corrected chi connectivity index (χ4v) is 5.66. The zero-order valence-electron chi connectivity index (χ0n) is 15.0. The number of benzene rings is 1. The molecule has 2 aliphatic rings. The van der Waals surface area contributed by atoms with Crippen LogP contribution in [0.4, 0.5) is 0 Å². The first-order valence-electron chi connectivity index (χ1n) is 8.81. The summed E-state index contributed by atoms with van der Waals surface area (Å²) in [6.45, 7) is 4.61. The van der Waals surface area contributed by atoms with Crippen LogP contribution in [0.25, 0.3) is 0 Å². The summed E-state index contributed by atoms with van der Waals surface area (Å²) in [7, 11) is -2.20. The smallest absolute Gasteiger partial charge is 0.247 e. The molecule has 0 spiro atoms. The van der Waals surface area contributed by atoms with Crippen LogP contribution in [0.1, 0.15) is 36.1 Å². The summed E-state index contributed by atoms with van der Waals surface area (Å²) in [5.74, 6) is 1.98. The van der Waals surface area contributed by atoms with Gasteiger partial charge in [0.25, 0.3) is 0 Å². The molecule has 1 fully saturated rings. The number of methoxy groups -OCH3 is 1. The minimum absolute atomic E-state index is 0.215. The van der Waals surface area contributed by atoms with Gasteiger partial charge in [0.2, 0.25) is 10.0 Å². The minimum atomic E-state index is -3.69. The average molecular weight is 377 g/mol. The second kappa shape index (κ2) is 6.64. The summed E-state index contributed by atoms with van der Waals surface area (Å²) in [4.78, 5) is 0.215. The van der Waals surface area contributed by atoms with Crippen molar-refractivity contribution in [2.24, 2.45) is 0 Å². The van der Waals surface area contributed by atoms with Gasteiger partial charge in [0.1, 0.15) is 16.5 Å². The Morgan fingerprint density at radius 1 is 1.27 bits per heavy atom. The van der Waals surface area contributed by atoms with E-state index < -0.39 is 10.0 Å². The number of fused-ring (bicyclic) bond motifs is 1. The third kappa shape index (κ3) is 2.80. The molecule has 0 amide bonds. The number of aromatic nitrogens is 3. The van der Waals surface area contributed by atoms with Gasteiger partial charge in [0, 0.05) is 19.6 Å². The lowest BCUT2D eigenvalue weighted by molar-refractivity contribution is 0.359. The Bertz CT molecular complexity index is 924. The zero-order valence-corrected chi connectivity index (χ0v) is 15.8. The van der Waals surface area contributed by atoms with Crippen LogP contribution >= 0.6 is 0 Å².